The zero-order chi connectivity index (χ0) is 14.7. The van der Waals surface area contributed by atoms with Gasteiger partial charge in [-0.25, -0.2) is 4.68 Å². The molecule has 0 aliphatic carbocycles. The van der Waals surface area contributed by atoms with Crippen molar-refractivity contribution in [1.82, 2.24) is 9.78 Å². The molecule has 2 rings (SSSR count). The number of benzene rings is 1. The molecule has 0 fully saturated rings. The molecule has 2 aromatic rings. The molecule has 0 radical (unpaired) electrons. The molecule has 0 spiro atoms. The Morgan fingerprint density at radius 2 is 2.05 bits per heavy atom. The Morgan fingerprint density at radius 3 is 2.60 bits per heavy atom. The average Bonchev–Trinajstić information content (AvgIpc) is 2.74. The molecule has 1 aromatic carbocycles. The lowest BCUT2D eigenvalue weighted by Crippen LogP contribution is -2.08. The first-order valence-corrected chi connectivity index (χ1v) is 6.26. The lowest BCUT2D eigenvalue weighted by Gasteiger charge is -2.07. The Labute approximate surface area is 116 Å². The zero-order valence-corrected chi connectivity index (χ0v) is 11.3. The second-order valence-corrected chi connectivity index (χ2v) is 4.38. The molecule has 0 saturated carbocycles. The molecule has 0 aliphatic heterocycles. The highest BCUT2D eigenvalue weighted by Gasteiger charge is 2.24. The molecule has 0 aliphatic rings. The van der Waals surface area contributed by atoms with Crippen LogP contribution in [0.4, 0.5) is 11.5 Å². The van der Waals surface area contributed by atoms with E-state index in [0.29, 0.717) is 24.6 Å². The third kappa shape index (κ3) is 2.71. The van der Waals surface area contributed by atoms with E-state index >= 15 is 0 Å². The second kappa shape index (κ2) is 5.60. The first-order chi connectivity index (χ1) is 9.52. The number of hydrogen-bond acceptors (Lipinski definition) is 5. The highest BCUT2D eigenvalue weighted by Crippen LogP contribution is 2.28. The van der Waals surface area contributed by atoms with E-state index in [2.05, 4.69) is 10.4 Å². The summed E-state index contributed by atoms with van der Waals surface area (Å²) in [5.41, 5.74) is 1.31. The Bertz CT molecular complexity index is 619. The first kappa shape index (κ1) is 13.9. The summed E-state index contributed by atoms with van der Waals surface area (Å²) in [6, 6.07) is 6.67. The molecule has 20 heavy (non-hydrogen) atoms. The van der Waals surface area contributed by atoms with Crippen molar-refractivity contribution in [2.75, 3.05) is 5.32 Å². The van der Waals surface area contributed by atoms with Gasteiger partial charge in [0.2, 0.25) is 5.82 Å². The predicted octanol–water partition coefficient (Wildman–Crippen LogP) is 2.44. The number of phenolic OH excluding ortho intramolecular Hbond substituents is 1. The summed E-state index contributed by atoms with van der Waals surface area (Å²) in [4.78, 5) is 10.7. The van der Waals surface area contributed by atoms with E-state index in [9.17, 15) is 15.2 Å². The summed E-state index contributed by atoms with van der Waals surface area (Å²) >= 11 is 0. The van der Waals surface area contributed by atoms with Crippen LogP contribution in [0.25, 0.3) is 0 Å². The van der Waals surface area contributed by atoms with Gasteiger partial charge >= 0.3 is 5.69 Å². The van der Waals surface area contributed by atoms with Gasteiger partial charge in [-0.1, -0.05) is 12.1 Å². The quantitative estimate of drug-likeness (QED) is 0.646. The summed E-state index contributed by atoms with van der Waals surface area (Å²) in [6.07, 6.45) is 0. The molecule has 0 saturated heterocycles. The van der Waals surface area contributed by atoms with Gasteiger partial charge < -0.3 is 10.4 Å². The summed E-state index contributed by atoms with van der Waals surface area (Å²) in [5, 5.41) is 27.5. The maximum Gasteiger partial charge on any atom is 0.333 e. The molecule has 0 bridgehead atoms. The molecule has 7 nitrogen and oxygen atoms in total. The standard InChI is InChI=1S/C13H16N4O3/c1-3-16-13(12(17(19)20)9(2)15-16)14-8-10-4-6-11(18)7-5-10/h4-7,14,18H,3,8H2,1-2H3. The maximum atomic E-state index is 11.1. The minimum Gasteiger partial charge on any atom is -0.508 e. The molecule has 1 heterocycles. The van der Waals surface area contributed by atoms with Crippen LogP contribution < -0.4 is 5.32 Å². The highest BCUT2D eigenvalue weighted by atomic mass is 16.6. The molecule has 106 valence electrons. The van der Waals surface area contributed by atoms with Crippen molar-refractivity contribution in [3.05, 3.63) is 45.6 Å². The lowest BCUT2D eigenvalue weighted by atomic mass is 10.2. The number of aryl methyl sites for hydroxylation is 2. The second-order valence-electron chi connectivity index (χ2n) is 4.38. The Balaban J connectivity index is 2.24. The monoisotopic (exact) mass is 276 g/mol. The Hall–Kier alpha value is -2.57. The molecular formula is C13H16N4O3. The minimum atomic E-state index is -0.423. The summed E-state index contributed by atoms with van der Waals surface area (Å²) in [7, 11) is 0. The third-order valence-corrected chi connectivity index (χ3v) is 2.97. The van der Waals surface area contributed by atoms with E-state index in [-0.39, 0.29) is 11.4 Å². The zero-order valence-electron chi connectivity index (χ0n) is 11.3. The third-order valence-electron chi connectivity index (χ3n) is 2.97. The molecule has 0 atom stereocenters. The van der Waals surface area contributed by atoms with E-state index in [1.165, 1.54) is 0 Å². The number of phenols is 1. The van der Waals surface area contributed by atoms with Crippen LogP contribution in [0.15, 0.2) is 24.3 Å². The van der Waals surface area contributed by atoms with Crippen molar-refractivity contribution in [2.45, 2.75) is 26.9 Å². The van der Waals surface area contributed by atoms with Gasteiger partial charge in [0.25, 0.3) is 0 Å². The van der Waals surface area contributed by atoms with Crippen molar-refractivity contribution in [3.8, 4) is 5.75 Å². The minimum absolute atomic E-state index is 0.00521. The van der Waals surface area contributed by atoms with Crippen molar-refractivity contribution in [2.24, 2.45) is 0 Å². The molecule has 1 aromatic heterocycles. The summed E-state index contributed by atoms with van der Waals surface area (Å²) < 4.78 is 1.58. The Kier molecular flexibility index (Phi) is 3.88. The van der Waals surface area contributed by atoms with Crippen molar-refractivity contribution >= 4 is 11.5 Å². The normalized spacial score (nSPS) is 10.5. The fourth-order valence-corrected chi connectivity index (χ4v) is 1.99. The first-order valence-electron chi connectivity index (χ1n) is 6.26. The molecule has 7 heteroatoms. The number of nitrogens with one attached hydrogen (secondary N) is 1. The molecule has 0 unspecified atom stereocenters. The fraction of sp³-hybridized carbons (Fsp3) is 0.308. The molecule has 2 N–H and O–H groups in total. The van der Waals surface area contributed by atoms with Gasteiger partial charge in [0, 0.05) is 13.1 Å². The number of rotatable bonds is 5. The van der Waals surface area contributed by atoms with Gasteiger partial charge in [0.05, 0.1) is 4.92 Å². The number of hydrogen-bond donors (Lipinski definition) is 2. The van der Waals surface area contributed by atoms with Crippen molar-refractivity contribution < 1.29 is 10.0 Å². The van der Waals surface area contributed by atoms with Crippen LogP contribution in [0.1, 0.15) is 18.2 Å². The summed E-state index contributed by atoms with van der Waals surface area (Å²) in [5.74, 6) is 0.595. The topological polar surface area (TPSA) is 93.2 Å². The van der Waals surface area contributed by atoms with Gasteiger partial charge in [-0.3, -0.25) is 10.1 Å². The average molecular weight is 276 g/mol. The van der Waals surface area contributed by atoms with Gasteiger partial charge in [-0.15, -0.1) is 0 Å². The number of aromatic nitrogens is 2. The SMILES string of the molecule is CCn1nc(C)c([N+](=O)[O-])c1NCc1ccc(O)cc1. The smallest absolute Gasteiger partial charge is 0.333 e. The van der Waals surface area contributed by atoms with E-state index in [0.717, 1.165) is 5.56 Å². The van der Waals surface area contributed by atoms with Crippen molar-refractivity contribution in [3.63, 3.8) is 0 Å². The molecule has 0 amide bonds. The van der Waals surface area contributed by atoms with Crippen LogP contribution in [0, 0.1) is 17.0 Å². The number of nitro groups is 1. The van der Waals surface area contributed by atoms with Gasteiger partial charge in [-0.05, 0) is 31.5 Å². The van der Waals surface area contributed by atoms with Crippen LogP contribution in [0.3, 0.4) is 0 Å². The largest absolute Gasteiger partial charge is 0.508 e. The fourth-order valence-electron chi connectivity index (χ4n) is 1.99. The van der Waals surface area contributed by atoms with E-state index in [1.807, 2.05) is 6.92 Å². The van der Waals surface area contributed by atoms with Gasteiger partial charge in [0.1, 0.15) is 11.4 Å². The van der Waals surface area contributed by atoms with E-state index in [1.54, 1.807) is 35.9 Å². The van der Waals surface area contributed by atoms with Gasteiger partial charge in [-0.2, -0.15) is 5.10 Å². The number of nitrogens with zero attached hydrogens (tertiary/aromatic N) is 3. The number of anilines is 1. The van der Waals surface area contributed by atoms with E-state index < -0.39 is 4.92 Å². The Morgan fingerprint density at radius 1 is 1.40 bits per heavy atom. The highest BCUT2D eigenvalue weighted by molar-refractivity contribution is 5.59. The van der Waals surface area contributed by atoms with Crippen LogP contribution in [-0.2, 0) is 13.1 Å². The summed E-state index contributed by atoms with van der Waals surface area (Å²) in [6.45, 7) is 4.47. The van der Waals surface area contributed by atoms with E-state index in [4.69, 9.17) is 0 Å². The van der Waals surface area contributed by atoms with Gasteiger partial charge in [0.15, 0.2) is 0 Å². The van der Waals surface area contributed by atoms with Crippen molar-refractivity contribution in [1.29, 1.82) is 0 Å². The lowest BCUT2D eigenvalue weighted by molar-refractivity contribution is -0.384. The molecular weight excluding hydrogens is 260 g/mol. The maximum absolute atomic E-state index is 11.1. The van der Waals surface area contributed by atoms with Crippen LogP contribution in [0.5, 0.6) is 5.75 Å². The predicted molar refractivity (Wildman–Crippen MR) is 74.7 cm³/mol. The van der Waals surface area contributed by atoms with Crippen LogP contribution in [-0.4, -0.2) is 19.8 Å². The van der Waals surface area contributed by atoms with Crippen LogP contribution >= 0.6 is 0 Å². The van der Waals surface area contributed by atoms with Crippen LogP contribution in [0.2, 0.25) is 0 Å². The number of aromatic hydroxyl groups is 1.